The number of carboxylic acid groups (broad SMARTS) is 1. The summed E-state index contributed by atoms with van der Waals surface area (Å²) in [6.45, 7) is -0.454. The first kappa shape index (κ1) is 17.0. The second-order valence-electron chi connectivity index (χ2n) is 4.54. The van der Waals surface area contributed by atoms with E-state index >= 15 is 0 Å². The second kappa shape index (κ2) is 7.07. The van der Waals surface area contributed by atoms with Crippen LogP contribution in [0.4, 0.5) is 13.2 Å². The number of benzene rings is 1. The van der Waals surface area contributed by atoms with Gasteiger partial charge in [-0.15, -0.1) is 0 Å². The Morgan fingerprint density at radius 2 is 2.00 bits per heavy atom. The summed E-state index contributed by atoms with van der Waals surface area (Å²) in [6, 6.07) is 4.83. The van der Waals surface area contributed by atoms with Crippen molar-refractivity contribution in [3.05, 3.63) is 35.4 Å². The summed E-state index contributed by atoms with van der Waals surface area (Å²) in [5.41, 5.74) is -0.331. The van der Waals surface area contributed by atoms with Crippen LogP contribution in [0.5, 0.6) is 0 Å². The summed E-state index contributed by atoms with van der Waals surface area (Å²) in [7, 11) is 1.56. The molecule has 8 heteroatoms. The summed E-state index contributed by atoms with van der Waals surface area (Å²) in [5, 5.41) is 10.6. The highest BCUT2D eigenvalue weighted by Gasteiger charge is 2.30. The molecule has 1 aromatic rings. The van der Waals surface area contributed by atoms with Crippen molar-refractivity contribution >= 4 is 11.9 Å². The Balaban J connectivity index is 2.57. The van der Waals surface area contributed by atoms with Gasteiger partial charge in [0.25, 0.3) is 0 Å². The first-order valence-electron chi connectivity index (χ1n) is 6.01. The molecule has 1 amide bonds. The average Bonchev–Trinajstić information content (AvgIpc) is 2.35. The molecule has 0 atom stereocenters. The van der Waals surface area contributed by atoms with Crippen molar-refractivity contribution in [1.82, 2.24) is 10.2 Å². The van der Waals surface area contributed by atoms with Gasteiger partial charge < -0.3 is 10.4 Å². The lowest BCUT2D eigenvalue weighted by molar-refractivity contribution is -0.138. The molecule has 0 spiro atoms. The van der Waals surface area contributed by atoms with Crippen LogP contribution in [-0.4, -0.2) is 42.0 Å². The lowest BCUT2D eigenvalue weighted by Gasteiger charge is -2.17. The van der Waals surface area contributed by atoms with Crippen molar-refractivity contribution in [2.45, 2.75) is 12.7 Å². The number of rotatable bonds is 6. The molecule has 0 heterocycles. The van der Waals surface area contributed by atoms with Crippen LogP contribution in [0.1, 0.15) is 11.1 Å². The van der Waals surface area contributed by atoms with Gasteiger partial charge in [0.15, 0.2) is 0 Å². The van der Waals surface area contributed by atoms with Crippen LogP contribution >= 0.6 is 0 Å². The zero-order chi connectivity index (χ0) is 16.0. The predicted molar refractivity (Wildman–Crippen MR) is 68.4 cm³/mol. The Hall–Kier alpha value is -2.09. The van der Waals surface area contributed by atoms with Gasteiger partial charge in [0.05, 0.1) is 12.1 Å². The number of carbonyl (C=O) groups excluding carboxylic acids is 1. The number of hydrogen-bond acceptors (Lipinski definition) is 3. The van der Waals surface area contributed by atoms with Crippen molar-refractivity contribution in [3.8, 4) is 0 Å². The monoisotopic (exact) mass is 304 g/mol. The van der Waals surface area contributed by atoms with Crippen molar-refractivity contribution in [1.29, 1.82) is 0 Å². The summed E-state index contributed by atoms with van der Waals surface area (Å²) >= 11 is 0. The predicted octanol–water partition coefficient (Wildman–Crippen LogP) is 1.34. The largest absolute Gasteiger partial charge is 0.480 e. The number of likely N-dealkylation sites (N-methyl/N-ethyl adjacent to an activating group) is 1. The first-order valence-corrected chi connectivity index (χ1v) is 6.01. The number of aliphatic carboxylic acids is 1. The Kier molecular flexibility index (Phi) is 5.71. The normalized spacial score (nSPS) is 11.5. The van der Waals surface area contributed by atoms with Crippen LogP contribution in [0.2, 0.25) is 0 Å². The molecule has 0 saturated heterocycles. The van der Waals surface area contributed by atoms with E-state index in [0.717, 1.165) is 12.1 Å². The van der Waals surface area contributed by atoms with Crippen LogP contribution in [-0.2, 0) is 22.3 Å². The molecule has 0 fully saturated rings. The van der Waals surface area contributed by atoms with Crippen molar-refractivity contribution in [2.75, 3.05) is 20.1 Å². The highest BCUT2D eigenvalue weighted by atomic mass is 19.4. The minimum Gasteiger partial charge on any atom is -0.480 e. The Bertz CT molecular complexity index is 518. The number of nitrogens with one attached hydrogen (secondary N) is 1. The van der Waals surface area contributed by atoms with Crippen molar-refractivity contribution < 1.29 is 27.9 Å². The molecule has 0 aliphatic heterocycles. The van der Waals surface area contributed by atoms with E-state index < -0.39 is 30.2 Å². The minimum absolute atomic E-state index is 0.108. The fraction of sp³-hybridized carbons (Fsp3) is 0.385. The van der Waals surface area contributed by atoms with E-state index in [1.165, 1.54) is 17.0 Å². The Morgan fingerprint density at radius 3 is 2.57 bits per heavy atom. The lowest BCUT2D eigenvalue weighted by atomic mass is 10.1. The van der Waals surface area contributed by atoms with E-state index in [2.05, 4.69) is 5.32 Å². The smallest absolute Gasteiger partial charge is 0.416 e. The topological polar surface area (TPSA) is 69.6 Å². The molecular weight excluding hydrogens is 289 g/mol. The third-order valence-corrected chi connectivity index (χ3v) is 2.56. The average molecular weight is 304 g/mol. The van der Waals surface area contributed by atoms with E-state index in [1.807, 2.05) is 0 Å². The molecule has 1 rings (SSSR count). The standard InChI is InChI=1S/C13H15F3N2O3/c1-18(8-11(19)17-6-12(20)21)7-9-3-2-4-10(5-9)13(14,15)16/h2-5H,6-8H2,1H3,(H,17,19)(H,20,21). The molecule has 21 heavy (non-hydrogen) atoms. The number of hydrogen-bond donors (Lipinski definition) is 2. The molecule has 0 unspecified atom stereocenters. The van der Waals surface area contributed by atoms with Crippen molar-refractivity contribution in [2.24, 2.45) is 0 Å². The number of alkyl halides is 3. The zero-order valence-corrected chi connectivity index (χ0v) is 11.3. The maximum Gasteiger partial charge on any atom is 0.416 e. The van der Waals surface area contributed by atoms with E-state index in [9.17, 15) is 22.8 Å². The van der Waals surface area contributed by atoms with Crippen LogP contribution in [0, 0.1) is 0 Å². The molecule has 0 saturated carbocycles. The molecule has 0 aliphatic rings. The lowest BCUT2D eigenvalue weighted by Crippen LogP contribution is -2.37. The second-order valence-corrected chi connectivity index (χ2v) is 4.54. The van der Waals surface area contributed by atoms with Crippen molar-refractivity contribution in [3.63, 3.8) is 0 Å². The minimum atomic E-state index is -4.41. The van der Waals surface area contributed by atoms with Gasteiger partial charge in [0.1, 0.15) is 6.54 Å². The molecule has 0 aromatic heterocycles. The van der Waals surface area contributed by atoms with Gasteiger partial charge >= 0.3 is 12.1 Å². The molecule has 5 nitrogen and oxygen atoms in total. The molecule has 1 aromatic carbocycles. The van der Waals surface area contributed by atoms with Gasteiger partial charge in [-0.1, -0.05) is 18.2 Å². The fourth-order valence-corrected chi connectivity index (χ4v) is 1.69. The number of halogens is 3. The maximum absolute atomic E-state index is 12.6. The number of carboxylic acids is 1. The summed E-state index contributed by atoms with van der Waals surface area (Å²) in [4.78, 5) is 23.1. The quantitative estimate of drug-likeness (QED) is 0.832. The molecular formula is C13H15F3N2O3. The molecule has 116 valence electrons. The Labute approximate surface area is 119 Å². The van der Waals surface area contributed by atoms with Crippen LogP contribution in [0.15, 0.2) is 24.3 Å². The van der Waals surface area contributed by atoms with Gasteiger partial charge in [-0.2, -0.15) is 13.2 Å². The third kappa shape index (κ3) is 6.26. The third-order valence-electron chi connectivity index (χ3n) is 2.56. The molecule has 0 radical (unpaired) electrons. The van der Waals surface area contributed by atoms with E-state index in [1.54, 1.807) is 7.05 Å². The number of carbonyl (C=O) groups is 2. The Morgan fingerprint density at radius 1 is 1.33 bits per heavy atom. The van der Waals surface area contributed by atoms with Gasteiger partial charge in [0.2, 0.25) is 5.91 Å². The first-order chi connectivity index (χ1) is 9.68. The maximum atomic E-state index is 12.6. The van der Waals surface area contributed by atoms with Crippen LogP contribution < -0.4 is 5.32 Å². The summed E-state index contributed by atoms with van der Waals surface area (Å²) < 4.78 is 37.7. The molecule has 2 N–H and O–H groups in total. The van der Waals surface area contributed by atoms with Crippen LogP contribution in [0.3, 0.4) is 0 Å². The van der Waals surface area contributed by atoms with Gasteiger partial charge in [-0.05, 0) is 18.7 Å². The van der Waals surface area contributed by atoms with Gasteiger partial charge in [-0.25, -0.2) is 0 Å². The summed E-state index contributed by atoms with van der Waals surface area (Å²) in [6.07, 6.45) is -4.41. The SMILES string of the molecule is CN(CC(=O)NCC(=O)O)Cc1cccc(C(F)(F)F)c1. The fourth-order valence-electron chi connectivity index (χ4n) is 1.69. The highest BCUT2D eigenvalue weighted by Crippen LogP contribution is 2.29. The van der Waals surface area contributed by atoms with E-state index in [4.69, 9.17) is 5.11 Å². The number of amides is 1. The molecule has 0 aliphatic carbocycles. The van der Waals surface area contributed by atoms with Gasteiger partial charge in [0, 0.05) is 6.54 Å². The zero-order valence-electron chi connectivity index (χ0n) is 11.3. The van der Waals surface area contributed by atoms with E-state index in [-0.39, 0.29) is 13.1 Å². The van der Waals surface area contributed by atoms with Crippen LogP contribution in [0.25, 0.3) is 0 Å². The van der Waals surface area contributed by atoms with Gasteiger partial charge in [-0.3, -0.25) is 14.5 Å². The number of nitrogens with zero attached hydrogens (tertiary/aromatic N) is 1. The van der Waals surface area contributed by atoms with E-state index in [0.29, 0.717) is 5.56 Å². The summed E-state index contributed by atoms with van der Waals surface area (Å²) in [5.74, 6) is -1.67. The highest BCUT2D eigenvalue weighted by molar-refractivity contribution is 5.82. The molecule has 0 bridgehead atoms.